The Morgan fingerprint density at radius 3 is 2.70 bits per heavy atom. The van der Waals surface area contributed by atoms with Gasteiger partial charge in [-0.05, 0) is 5.56 Å². The fourth-order valence-electron chi connectivity index (χ4n) is 3.13. The Morgan fingerprint density at radius 2 is 2.11 bits per heavy atom. The van der Waals surface area contributed by atoms with Gasteiger partial charge in [0, 0.05) is 56.0 Å². The normalized spacial score (nSPS) is 19.3. The molecule has 2 aromatic rings. The van der Waals surface area contributed by atoms with Crippen molar-refractivity contribution >= 4 is 42.1 Å². The van der Waals surface area contributed by atoms with Crippen LogP contribution in [0.4, 0.5) is 0 Å². The summed E-state index contributed by atoms with van der Waals surface area (Å²) < 4.78 is 1.79. The lowest BCUT2D eigenvalue weighted by atomic mass is 9.90. The minimum Gasteiger partial charge on any atom is -0.355 e. The van der Waals surface area contributed by atoms with Crippen LogP contribution in [0.3, 0.4) is 0 Å². The van der Waals surface area contributed by atoms with Crippen LogP contribution in [0, 0.1) is 5.92 Å². The lowest BCUT2D eigenvalue weighted by Gasteiger charge is -2.17. The van der Waals surface area contributed by atoms with Crippen LogP contribution < -0.4 is 10.6 Å². The zero-order valence-electron chi connectivity index (χ0n) is 16.2. The van der Waals surface area contributed by atoms with E-state index in [4.69, 9.17) is 0 Å². The largest absolute Gasteiger partial charge is 0.355 e. The van der Waals surface area contributed by atoms with Crippen LogP contribution in [0.1, 0.15) is 43.0 Å². The quantitative estimate of drug-likeness (QED) is 0.759. The van der Waals surface area contributed by atoms with E-state index in [1.165, 1.54) is 0 Å². The summed E-state index contributed by atoms with van der Waals surface area (Å²) in [5.74, 6) is 0.276. The van der Waals surface area contributed by atoms with Gasteiger partial charge in [0.05, 0.1) is 22.8 Å². The highest BCUT2D eigenvalue weighted by Gasteiger charge is 2.34. The van der Waals surface area contributed by atoms with Crippen molar-refractivity contribution in [2.24, 2.45) is 13.0 Å². The maximum Gasteiger partial charge on any atom is 0.225 e. The van der Waals surface area contributed by atoms with Crippen LogP contribution in [-0.4, -0.2) is 40.3 Å². The van der Waals surface area contributed by atoms with E-state index < -0.39 is 0 Å². The van der Waals surface area contributed by atoms with E-state index in [1.807, 2.05) is 19.4 Å². The zero-order valence-corrected chi connectivity index (χ0v) is 18.6. The van der Waals surface area contributed by atoms with Gasteiger partial charge >= 0.3 is 0 Å². The molecule has 2 N–H and O–H groups in total. The Kier molecular flexibility index (Phi) is 8.73. The molecule has 0 spiro atoms. The third-order valence-corrected chi connectivity index (χ3v) is 5.57. The molecule has 2 aromatic heterocycles. The zero-order chi connectivity index (χ0) is 18.0. The van der Waals surface area contributed by atoms with E-state index in [-0.39, 0.29) is 48.0 Å². The van der Waals surface area contributed by atoms with Gasteiger partial charge in [-0.1, -0.05) is 20.8 Å². The maximum atomic E-state index is 12.6. The number of aromatic nitrogens is 3. The first kappa shape index (κ1) is 23.9. The van der Waals surface area contributed by atoms with Crippen molar-refractivity contribution < 1.29 is 4.79 Å². The molecule has 1 aliphatic heterocycles. The van der Waals surface area contributed by atoms with Crippen molar-refractivity contribution in [3.05, 3.63) is 34.0 Å². The summed E-state index contributed by atoms with van der Waals surface area (Å²) in [6, 6.07) is 0. The van der Waals surface area contributed by atoms with Gasteiger partial charge in [-0.2, -0.15) is 5.10 Å². The summed E-state index contributed by atoms with van der Waals surface area (Å²) >= 11 is 1.67. The number of carbonyl (C=O) groups excluding carboxylic acids is 1. The molecule has 6 nitrogen and oxygen atoms in total. The standard InChI is InChI=1S/C18H27N5OS.2ClH/c1-18(2,3)15-11-25-16(22-15)5-6-20-17(24)14-9-19-8-13(14)12-7-21-23(4)10-12;;/h7,10-11,13-14,19H,5-6,8-9H2,1-4H3,(H,20,24);2*1H/t13-,14+;;/m1../s1. The Balaban J connectivity index is 0.00000182. The SMILES string of the molecule is Cl.Cl.Cn1cc([C@H]2CNC[C@@H]2C(=O)NCCc2nc(C(C)(C)C)cs2)cn1. The number of hydrogen-bond acceptors (Lipinski definition) is 5. The van der Waals surface area contributed by atoms with Gasteiger partial charge in [-0.25, -0.2) is 4.98 Å². The summed E-state index contributed by atoms with van der Waals surface area (Å²) in [5, 5.41) is 13.9. The van der Waals surface area contributed by atoms with Gasteiger partial charge in [0.1, 0.15) is 0 Å². The second kappa shape index (κ2) is 9.87. The second-order valence-electron chi connectivity index (χ2n) is 7.74. The maximum absolute atomic E-state index is 12.6. The number of halogens is 2. The smallest absolute Gasteiger partial charge is 0.225 e. The molecule has 0 bridgehead atoms. The number of aryl methyl sites for hydroxylation is 1. The van der Waals surface area contributed by atoms with Crippen molar-refractivity contribution in [2.75, 3.05) is 19.6 Å². The third kappa shape index (κ3) is 5.91. The number of nitrogens with zero attached hydrogens (tertiary/aromatic N) is 3. The summed E-state index contributed by atoms with van der Waals surface area (Å²) in [6.07, 6.45) is 4.65. The van der Waals surface area contributed by atoms with E-state index in [0.29, 0.717) is 6.54 Å². The highest BCUT2D eigenvalue weighted by molar-refractivity contribution is 7.09. The monoisotopic (exact) mass is 433 g/mol. The molecule has 2 atom stereocenters. The molecule has 3 heterocycles. The van der Waals surface area contributed by atoms with Crippen LogP contribution >= 0.6 is 36.2 Å². The number of rotatable bonds is 5. The fraction of sp³-hybridized carbons (Fsp3) is 0.611. The number of hydrogen-bond donors (Lipinski definition) is 2. The number of carbonyl (C=O) groups is 1. The van der Waals surface area contributed by atoms with Crippen molar-refractivity contribution in [3.63, 3.8) is 0 Å². The number of thiazole rings is 1. The first-order valence-corrected chi connectivity index (χ1v) is 9.64. The van der Waals surface area contributed by atoms with Gasteiger partial charge in [0.15, 0.2) is 0 Å². The van der Waals surface area contributed by atoms with Gasteiger partial charge in [0.25, 0.3) is 0 Å². The van der Waals surface area contributed by atoms with Crippen LogP contribution in [0.15, 0.2) is 17.8 Å². The minimum atomic E-state index is -0.0365. The first-order valence-electron chi connectivity index (χ1n) is 8.76. The van der Waals surface area contributed by atoms with Crippen molar-refractivity contribution in [3.8, 4) is 0 Å². The highest BCUT2D eigenvalue weighted by atomic mass is 35.5. The molecule has 9 heteroatoms. The summed E-state index contributed by atoms with van der Waals surface area (Å²) in [4.78, 5) is 17.3. The Hall–Kier alpha value is -1.15. The summed E-state index contributed by atoms with van der Waals surface area (Å²) in [5.41, 5.74) is 2.32. The average Bonchev–Trinajstić information content (AvgIpc) is 3.25. The minimum absolute atomic E-state index is 0. The third-order valence-electron chi connectivity index (χ3n) is 4.66. The molecule has 0 aliphatic carbocycles. The van der Waals surface area contributed by atoms with E-state index >= 15 is 0 Å². The number of nitrogens with one attached hydrogen (secondary N) is 2. The second-order valence-corrected chi connectivity index (χ2v) is 8.68. The van der Waals surface area contributed by atoms with Gasteiger partial charge in [0.2, 0.25) is 5.91 Å². The lowest BCUT2D eigenvalue weighted by Crippen LogP contribution is -2.35. The molecule has 0 saturated carbocycles. The Morgan fingerprint density at radius 1 is 1.37 bits per heavy atom. The average molecular weight is 434 g/mol. The van der Waals surface area contributed by atoms with Crippen molar-refractivity contribution in [1.29, 1.82) is 0 Å². The van der Waals surface area contributed by atoms with Crippen molar-refractivity contribution in [1.82, 2.24) is 25.4 Å². The van der Waals surface area contributed by atoms with Crippen LogP contribution in [0.2, 0.25) is 0 Å². The molecule has 0 unspecified atom stereocenters. The topological polar surface area (TPSA) is 71.8 Å². The molecule has 1 fully saturated rings. The predicted octanol–water partition coefficient (Wildman–Crippen LogP) is 2.68. The van der Waals surface area contributed by atoms with Crippen LogP contribution in [-0.2, 0) is 23.7 Å². The molecular formula is C18H29Cl2N5OS. The lowest BCUT2D eigenvalue weighted by molar-refractivity contribution is -0.124. The van der Waals surface area contributed by atoms with Gasteiger partial charge in [-0.3, -0.25) is 9.48 Å². The molecule has 1 saturated heterocycles. The Bertz CT molecular complexity index is 740. The highest BCUT2D eigenvalue weighted by Crippen LogP contribution is 2.28. The van der Waals surface area contributed by atoms with E-state index in [1.54, 1.807) is 16.0 Å². The van der Waals surface area contributed by atoms with Gasteiger partial charge in [-0.15, -0.1) is 36.2 Å². The van der Waals surface area contributed by atoms with Crippen LogP contribution in [0.25, 0.3) is 0 Å². The molecule has 27 heavy (non-hydrogen) atoms. The predicted molar refractivity (Wildman–Crippen MR) is 114 cm³/mol. The summed E-state index contributed by atoms with van der Waals surface area (Å²) in [7, 11) is 1.90. The van der Waals surface area contributed by atoms with E-state index in [2.05, 4.69) is 46.9 Å². The molecule has 1 amide bonds. The van der Waals surface area contributed by atoms with Crippen molar-refractivity contribution in [2.45, 2.75) is 38.5 Å². The molecule has 1 aliphatic rings. The van der Waals surface area contributed by atoms with Crippen LogP contribution in [0.5, 0.6) is 0 Å². The molecule has 3 rings (SSSR count). The summed E-state index contributed by atoms with van der Waals surface area (Å²) in [6.45, 7) is 8.67. The van der Waals surface area contributed by atoms with E-state index in [9.17, 15) is 4.79 Å². The molecule has 0 aromatic carbocycles. The molecular weight excluding hydrogens is 405 g/mol. The van der Waals surface area contributed by atoms with E-state index in [0.717, 1.165) is 35.8 Å². The number of amides is 1. The molecule has 152 valence electrons. The molecule has 0 radical (unpaired) electrons. The Labute approximate surface area is 177 Å². The fourth-order valence-corrected chi connectivity index (χ4v) is 4.15. The van der Waals surface area contributed by atoms with Gasteiger partial charge < -0.3 is 10.6 Å². The first-order chi connectivity index (χ1) is 11.8.